The first-order chi connectivity index (χ1) is 38.6. The topological polar surface area (TPSA) is 111 Å². The molecule has 2 atom stereocenters. The summed E-state index contributed by atoms with van der Waals surface area (Å²) in [6, 6.07) is 0. The quantitative estimate of drug-likeness (QED) is 0.0195. The Kier molecular flexibility index (Phi) is 54.4. The lowest BCUT2D eigenvalue weighted by atomic mass is 10.1. The molecule has 0 amide bonds. The van der Waals surface area contributed by atoms with E-state index in [1.54, 1.807) is 0 Å². The van der Waals surface area contributed by atoms with Crippen LogP contribution in [0.25, 0.3) is 0 Å². The molecule has 0 rings (SSSR count). The number of hydrogen-bond acceptors (Lipinski definition) is 8. The van der Waals surface area contributed by atoms with E-state index in [2.05, 4.69) is 196 Å². The molecule has 440 valence electrons. The molecule has 0 saturated heterocycles. The summed E-state index contributed by atoms with van der Waals surface area (Å²) in [6.45, 7) is 4.41. The Labute approximate surface area is 481 Å². The minimum atomic E-state index is -1.65. The van der Waals surface area contributed by atoms with Crippen LogP contribution in [0.4, 0.5) is 0 Å². The van der Waals surface area contributed by atoms with Gasteiger partial charge in [0.1, 0.15) is 13.2 Å². The third-order valence-corrected chi connectivity index (χ3v) is 11.6. The minimum Gasteiger partial charge on any atom is -0.545 e. The second-order valence-corrected chi connectivity index (χ2v) is 20.2. The van der Waals surface area contributed by atoms with Gasteiger partial charge in [0.05, 0.1) is 40.3 Å². The Balaban J connectivity index is 4.38. The minimum absolute atomic E-state index is 0.125. The number of allylic oxidation sites excluding steroid dienone is 30. The number of unbranched alkanes of at least 4 members (excludes halogenated alkanes) is 7. The molecule has 0 aromatic carbocycles. The summed E-state index contributed by atoms with van der Waals surface area (Å²) < 4.78 is 22.6. The predicted octanol–water partition coefficient (Wildman–Crippen LogP) is 16.8. The van der Waals surface area contributed by atoms with E-state index >= 15 is 0 Å². The van der Waals surface area contributed by atoms with E-state index in [-0.39, 0.29) is 32.7 Å². The van der Waals surface area contributed by atoms with Gasteiger partial charge in [-0.1, -0.05) is 215 Å². The highest BCUT2D eigenvalue weighted by Gasteiger charge is 2.22. The number of carbonyl (C=O) groups is 3. The van der Waals surface area contributed by atoms with Crippen molar-refractivity contribution < 1.29 is 42.9 Å². The number of hydrogen-bond donors (Lipinski definition) is 0. The molecular weight excluding hydrogens is 983 g/mol. The van der Waals surface area contributed by atoms with Crippen LogP contribution in [0.5, 0.6) is 0 Å². The maximum Gasteiger partial charge on any atom is 0.306 e. The fourth-order valence-electron chi connectivity index (χ4n) is 7.12. The molecule has 0 aromatic heterocycles. The van der Waals surface area contributed by atoms with Crippen LogP contribution in [0.15, 0.2) is 182 Å². The number of quaternary nitrogens is 1. The lowest BCUT2D eigenvalue weighted by Crippen LogP contribution is -2.44. The van der Waals surface area contributed by atoms with Crippen molar-refractivity contribution in [2.45, 2.75) is 193 Å². The van der Waals surface area contributed by atoms with Gasteiger partial charge in [0.25, 0.3) is 0 Å². The summed E-state index contributed by atoms with van der Waals surface area (Å²) in [4.78, 5) is 37.3. The summed E-state index contributed by atoms with van der Waals surface area (Å²) in [5.41, 5.74) is 0. The second-order valence-electron chi connectivity index (χ2n) is 20.2. The van der Waals surface area contributed by atoms with Crippen molar-refractivity contribution in [1.29, 1.82) is 0 Å². The van der Waals surface area contributed by atoms with Crippen LogP contribution < -0.4 is 5.11 Å². The highest BCUT2D eigenvalue weighted by Crippen LogP contribution is 2.11. The van der Waals surface area contributed by atoms with Crippen molar-refractivity contribution in [2.75, 3.05) is 47.5 Å². The number of esters is 2. The van der Waals surface area contributed by atoms with Gasteiger partial charge in [-0.05, 0) is 135 Å². The summed E-state index contributed by atoms with van der Waals surface area (Å²) >= 11 is 0. The van der Waals surface area contributed by atoms with Crippen molar-refractivity contribution in [3.8, 4) is 0 Å². The van der Waals surface area contributed by atoms with Crippen molar-refractivity contribution in [3.63, 3.8) is 0 Å². The Morgan fingerprint density at radius 1 is 0.380 bits per heavy atom. The predicted molar refractivity (Wildman–Crippen MR) is 333 cm³/mol. The van der Waals surface area contributed by atoms with Crippen LogP contribution >= 0.6 is 0 Å². The van der Waals surface area contributed by atoms with Crippen LogP contribution in [0.2, 0.25) is 0 Å². The molecule has 0 radical (unpaired) electrons. The molecule has 0 heterocycles. The number of aliphatic carboxylic acids is 1. The Hall–Kier alpha value is -5.61. The molecule has 9 nitrogen and oxygen atoms in total. The molecular formula is C70H107NO8. The van der Waals surface area contributed by atoms with Gasteiger partial charge < -0.3 is 33.3 Å². The Morgan fingerprint density at radius 3 is 1.01 bits per heavy atom. The summed E-state index contributed by atoms with van der Waals surface area (Å²) in [7, 11) is 5.88. The zero-order valence-electron chi connectivity index (χ0n) is 49.9. The Bertz CT molecular complexity index is 1940. The largest absolute Gasteiger partial charge is 0.545 e. The molecule has 0 aliphatic rings. The van der Waals surface area contributed by atoms with E-state index in [9.17, 15) is 19.5 Å². The number of rotatable bonds is 52. The van der Waals surface area contributed by atoms with Gasteiger partial charge in [-0.3, -0.25) is 9.59 Å². The first kappa shape index (κ1) is 73.4. The highest BCUT2D eigenvalue weighted by molar-refractivity contribution is 5.70. The van der Waals surface area contributed by atoms with Gasteiger partial charge in [-0.25, -0.2) is 0 Å². The maximum absolute atomic E-state index is 12.9. The lowest BCUT2D eigenvalue weighted by Gasteiger charge is -2.26. The fraction of sp³-hybridized carbons (Fsp3) is 0.529. The van der Waals surface area contributed by atoms with Crippen molar-refractivity contribution in [1.82, 2.24) is 0 Å². The molecule has 0 aromatic rings. The molecule has 0 spiro atoms. The summed E-state index contributed by atoms with van der Waals surface area (Å²) in [6.07, 6.45) is 86.6. The van der Waals surface area contributed by atoms with Crippen LogP contribution in [0.1, 0.15) is 181 Å². The maximum atomic E-state index is 12.9. The van der Waals surface area contributed by atoms with E-state index in [4.69, 9.17) is 18.9 Å². The molecule has 0 aliphatic carbocycles. The second kappa shape index (κ2) is 58.5. The molecule has 2 unspecified atom stereocenters. The average molecular weight is 1090 g/mol. The average Bonchev–Trinajstić information content (AvgIpc) is 3.42. The molecule has 0 N–H and O–H groups in total. The zero-order chi connectivity index (χ0) is 57.6. The van der Waals surface area contributed by atoms with Gasteiger partial charge in [-0.2, -0.15) is 0 Å². The Morgan fingerprint density at radius 2 is 0.684 bits per heavy atom. The number of carboxylic acid groups (broad SMARTS) is 1. The van der Waals surface area contributed by atoms with Crippen LogP contribution in [0.3, 0.4) is 0 Å². The molecule has 0 aliphatic heterocycles. The van der Waals surface area contributed by atoms with Crippen LogP contribution in [-0.4, -0.2) is 82.3 Å². The normalized spacial score (nSPS) is 14.1. The number of carboxylic acids is 1. The SMILES string of the molecule is CC/C=C\C/C=C\C/C=C\C/C=C\C/C=C\C/C=C\C/C=C\C/C=C\C/C=C\C/C=C\CCCCCCC(=O)OC(COC(=O)CCCCC/C=C\C/C=C\C/C=C\C/C=C\C/C=C\CC)COC(OCC[N+](C)(C)C)C(=O)[O-]. The van der Waals surface area contributed by atoms with Gasteiger partial charge >= 0.3 is 11.9 Å². The third-order valence-electron chi connectivity index (χ3n) is 11.6. The van der Waals surface area contributed by atoms with Crippen molar-refractivity contribution in [2.24, 2.45) is 0 Å². The number of ether oxygens (including phenoxy) is 4. The van der Waals surface area contributed by atoms with Crippen LogP contribution in [0, 0.1) is 0 Å². The fourth-order valence-corrected chi connectivity index (χ4v) is 7.12. The smallest absolute Gasteiger partial charge is 0.306 e. The number of nitrogens with zero attached hydrogens (tertiary/aromatic N) is 1. The molecule has 79 heavy (non-hydrogen) atoms. The monoisotopic (exact) mass is 1090 g/mol. The molecule has 0 fully saturated rings. The first-order valence-electron chi connectivity index (χ1n) is 29.9. The van der Waals surface area contributed by atoms with Gasteiger partial charge in [0.2, 0.25) is 0 Å². The number of likely N-dealkylation sites (N-methyl/N-ethyl adjacent to an activating group) is 1. The van der Waals surface area contributed by atoms with E-state index in [0.717, 1.165) is 141 Å². The zero-order valence-corrected chi connectivity index (χ0v) is 49.9. The summed E-state index contributed by atoms with van der Waals surface area (Å²) in [5, 5.41) is 11.8. The van der Waals surface area contributed by atoms with Crippen molar-refractivity contribution in [3.05, 3.63) is 182 Å². The van der Waals surface area contributed by atoms with E-state index < -0.39 is 30.3 Å². The summed E-state index contributed by atoms with van der Waals surface area (Å²) in [5.74, 6) is -2.39. The third kappa shape index (κ3) is 59.9. The van der Waals surface area contributed by atoms with Crippen molar-refractivity contribution >= 4 is 17.9 Å². The van der Waals surface area contributed by atoms with E-state index in [1.807, 2.05) is 21.1 Å². The number of carbonyl (C=O) groups excluding carboxylic acids is 3. The van der Waals surface area contributed by atoms with E-state index in [1.165, 1.54) is 0 Å². The molecule has 0 bridgehead atoms. The molecule has 9 heteroatoms. The van der Waals surface area contributed by atoms with Gasteiger partial charge in [-0.15, -0.1) is 0 Å². The standard InChI is InChI=1S/C70H107NO8/c1-6-8-10-12-14-16-18-20-22-24-26-27-28-29-30-31-32-33-34-35-36-37-38-39-40-41-43-45-47-49-51-53-55-57-59-61-68(73)79-66(65-78-70(69(74)75)76-63-62-71(3,4)5)64-77-67(72)60-58-56-54-52-50-48-46-44-42-25-23-21-19-17-15-13-11-9-7-2/h8-11,14-17,20-23,26-27,29-30,32-33,35-36,38-39,41-44,47-50,66,70H,6-7,12-13,18-19,24-25,28,31,34,37,40,45-46,51-65H2,1-5H3/b10-8-,11-9-,16-14-,17-15-,22-20-,23-21-,27-26-,30-29-,33-32-,36-35-,39-38-,43-41-,44-42-,49-47-,50-48-. The van der Waals surface area contributed by atoms with E-state index in [0.29, 0.717) is 23.9 Å². The highest BCUT2D eigenvalue weighted by atomic mass is 16.7. The first-order valence-corrected chi connectivity index (χ1v) is 29.9. The van der Waals surface area contributed by atoms with Gasteiger partial charge in [0, 0.05) is 12.8 Å². The molecule has 0 saturated carbocycles. The lowest BCUT2D eigenvalue weighted by molar-refractivity contribution is -0.870. The van der Waals surface area contributed by atoms with Gasteiger partial charge in [0.15, 0.2) is 12.4 Å². The van der Waals surface area contributed by atoms with Crippen LogP contribution in [-0.2, 0) is 33.3 Å².